The summed E-state index contributed by atoms with van der Waals surface area (Å²) in [4.78, 5) is 8.40. The second kappa shape index (κ2) is 5.71. The van der Waals surface area contributed by atoms with E-state index in [1.807, 2.05) is 5.38 Å². The standard InChI is InChI=1S/C10H11IN4OS/c1-16-10-9(13-2-3-14-10)8(15-12)6-4-7(11)17-5-6/h2-5,8,15H,12H2,1H3. The first kappa shape index (κ1) is 12.7. The number of rotatable bonds is 4. The van der Waals surface area contributed by atoms with Crippen molar-refractivity contribution in [2.45, 2.75) is 6.04 Å². The molecule has 0 spiro atoms. The number of halogens is 1. The average molecular weight is 362 g/mol. The fraction of sp³-hybridized carbons (Fsp3) is 0.200. The summed E-state index contributed by atoms with van der Waals surface area (Å²) < 4.78 is 6.38. The Labute approximate surface area is 117 Å². The SMILES string of the molecule is COc1nccnc1C(NN)c1csc(I)c1. The summed E-state index contributed by atoms with van der Waals surface area (Å²) in [7, 11) is 1.57. The Morgan fingerprint density at radius 3 is 2.82 bits per heavy atom. The topological polar surface area (TPSA) is 73.1 Å². The molecule has 0 amide bonds. The Balaban J connectivity index is 2.41. The van der Waals surface area contributed by atoms with Crippen molar-refractivity contribution in [2.75, 3.05) is 7.11 Å². The van der Waals surface area contributed by atoms with Crippen LogP contribution in [0.2, 0.25) is 0 Å². The molecule has 90 valence electrons. The number of methoxy groups -OCH3 is 1. The van der Waals surface area contributed by atoms with E-state index in [1.54, 1.807) is 30.8 Å². The van der Waals surface area contributed by atoms with E-state index in [0.717, 1.165) is 5.56 Å². The molecule has 0 fully saturated rings. The second-order valence-corrected chi connectivity index (χ2v) is 6.04. The van der Waals surface area contributed by atoms with Gasteiger partial charge in [-0.25, -0.2) is 10.4 Å². The highest BCUT2D eigenvalue weighted by molar-refractivity contribution is 14.1. The number of hydrazine groups is 1. The molecule has 2 heterocycles. The molecule has 2 aromatic heterocycles. The number of nitrogens with two attached hydrogens (primary N) is 1. The lowest BCUT2D eigenvalue weighted by Gasteiger charge is -2.15. The van der Waals surface area contributed by atoms with E-state index in [4.69, 9.17) is 10.6 Å². The molecule has 2 rings (SSSR count). The van der Waals surface area contributed by atoms with Gasteiger partial charge >= 0.3 is 0 Å². The van der Waals surface area contributed by atoms with Gasteiger partial charge in [-0.05, 0) is 39.6 Å². The molecule has 0 saturated heterocycles. The van der Waals surface area contributed by atoms with Gasteiger partial charge in [0, 0.05) is 12.4 Å². The smallest absolute Gasteiger partial charge is 0.237 e. The van der Waals surface area contributed by atoms with Crippen molar-refractivity contribution in [2.24, 2.45) is 5.84 Å². The molecule has 0 saturated carbocycles. The normalized spacial score (nSPS) is 12.4. The van der Waals surface area contributed by atoms with E-state index in [1.165, 1.54) is 2.88 Å². The van der Waals surface area contributed by atoms with E-state index >= 15 is 0 Å². The monoisotopic (exact) mass is 362 g/mol. The molecule has 0 aliphatic rings. The molecule has 5 nitrogen and oxygen atoms in total. The van der Waals surface area contributed by atoms with Gasteiger partial charge in [-0.1, -0.05) is 0 Å². The van der Waals surface area contributed by atoms with Crippen LogP contribution in [0.5, 0.6) is 5.88 Å². The maximum atomic E-state index is 5.60. The van der Waals surface area contributed by atoms with Gasteiger partial charge in [-0.15, -0.1) is 11.3 Å². The molecule has 0 aliphatic heterocycles. The van der Waals surface area contributed by atoms with Crippen LogP contribution in [0.3, 0.4) is 0 Å². The highest BCUT2D eigenvalue weighted by Crippen LogP contribution is 2.29. The minimum atomic E-state index is -0.210. The molecule has 0 radical (unpaired) electrons. The molecule has 17 heavy (non-hydrogen) atoms. The Kier molecular flexibility index (Phi) is 4.26. The largest absolute Gasteiger partial charge is 0.480 e. The summed E-state index contributed by atoms with van der Waals surface area (Å²) in [6.07, 6.45) is 3.22. The van der Waals surface area contributed by atoms with Gasteiger partial charge in [-0.2, -0.15) is 0 Å². The van der Waals surface area contributed by atoms with Crippen molar-refractivity contribution in [3.63, 3.8) is 0 Å². The molecule has 0 aromatic carbocycles. The van der Waals surface area contributed by atoms with Gasteiger partial charge < -0.3 is 4.74 Å². The number of nitrogens with one attached hydrogen (secondary N) is 1. The van der Waals surface area contributed by atoms with Crippen LogP contribution in [0.4, 0.5) is 0 Å². The number of aromatic nitrogens is 2. The van der Waals surface area contributed by atoms with E-state index < -0.39 is 0 Å². The van der Waals surface area contributed by atoms with E-state index in [0.29, 0.717) is 11.6 Å². The molecule has 0 bridgehead atoms. The van der Waals surface area contributed by atoms with Crippen LogP contribution in [0.15, 0.2) is 23.8 Å². The summed E-state index contributed by atoms with van der Waals surface area (Å²) in [5, 5.41) is 2.04. The number of hydrogen-bond acceptors (Lipinski definition) is 6. The molecule has 2 aromatic rings. The Morgan fingerprint density at radius 1 is 1.47 bits per heavy atom. The van der Waals surface area contributed by atoms with Crippen molar-refractivity contribution in [3.8, 4) is 5.88 Å². The third-order valence-corrected chi connectivity index (χ3v) is 4.05. The number of hydrogen-bond donors (Lipinski definition) is 2. The molecule has 7 heteroatoms. The molecular formula is C10H11IN4OS. The van der Waals surface area contributed by atoms with Crippen molar-refractivity contribution in [3.05, 3.63) is 38.0 Å². The first-order valence-corrected chi connectivity index (χ1v) is 6.77. The van der Waals surface area contributed by atoms with Crippen molar-refractivity contribution >= 4 is 33.9 Å². The van der Waals surface area contributed by atoms with E-state index in [9.17, 15) is 0 Å². The summed E-state index contributed by atoms with van der Waals surface area (Å²) in [6, 6.07) is 1.85. The maximum Gasteiger partial charge on any atom is 0.237 e. The van der Waals surface area contributed by atoms with Gasteiger partial charge in [0.1, 0.15) is 5.69 Å². The lowest BCUT2D eigenvalue weighted by Crippen LogP contribution is -2.29. The lowest BCUT2D eigenvalue weighted by molar-refractivity contribution is 0.383. The van der Waals surface area contributed by atoms with Gasteiger partial charge in [-0.3, -0.25) is 10.8 Å². The number of thiophene rings is 1. The van der Waals surface area contributed by atoms with Crippen molar-refractivity contribution in [1.82, 2.24) is 15.4 Å². The van der Waals surface area contributed by atoms with Crippen LogP contribution in [0, 0.1) is 2.88 Å². The third-order valence-electron chi connectivity index (χ3n) is 2.25. The van der Waals surface area contributed by atoms with E-state index in [2.05, 4.69) is 44.1 Å². The highest BCUT2D eigenvalue weighted by Gasteiger charge is 2.20. The average Bonchev–Trinajstić information content (AvgIpc) is 2.77. The zero-order chi connectivity index (χ0) is 12.3. The molecule has 1 unspecified atom stereocenters. The molecule has 1 atom stereocenters. The maximum absolute atomic E-state index is 5.60. The molecule has 0 aliphatic carbocycles. The fourth-order valence-electron chi connectivity index (χ4n) is 1.50. The van der Waals surface area contributed by atoms with Crippen LogP contribution in [-0.2, 0) is 0 Å². The zero-order valence-corrected chi connectivity index (χ0v) is 12.0. The summed E-state index contributed by atoms with van der Waals surface area (Å²) in [5.41, 5.74) is 4.49. The van der Waals surface area contributed by atoms with Crippen molar-refractivity contribution in [1.29, 1.82) is 0 Å². The van der Waals surface area contributed by atoms with Crippen LogP contribution >= 0.6 is 33.9 Å². The summed E-state index contributed by atoms with van der Waals surface area (Å²) >= 11 is 3.93. The third kappa shape index (κ3) is 2.73. The number of nitrogens with zero attached hydrogens (tertiary/aromatic N) is 2. The van der Waals surface area contributed by atoms with Crippen LogP contribution in [0.1, 0.15) is 17.3 Å². The Morgan fingerprint density at radius 2 is 2.24 bits per heavy atom. The quantitative estimate of drug-likeness (QED) is 0.492. The predicted octanol–water partition coefficient (Wildman–Crippen LogP) is 1.70. The second-order valence-electron chi connectivity index (χ2n) is 3.23. The first-order valence-electron chi connectivity index (χ1n) is 4.81. The van der Waals surface area contributed by atoms with E-state index in [-0.39, 0.29) is 6.04 Å². The van der Waals surface area contributed by atoms with Gasteiger partial charge in [0.05, 0.1) is 16.0 Å². The minimum Gasteiger partial charge on any atom is -0.480 e. The van der Waals surface area contributed by atoms with Crippen LogP contribution in [-0.4, -0.2) is 17.1 Å². The minimum absolute atomic E-state index is 0.210. The predicted molar refractivity (Wildman–Crippen MR) is 74.8 cm³/mol. The van der Waals surface area contributed by atoms with Crippen molar-refractivity contribution < 1.29 is 4.74 Å². The summed E-state index contributed by atoms with van der Waals surface area (Å²) in [6.45, 7) is 0. The van der Waals surface area contributed by atoms with Gasteiger partial charge in [0.25, 0.3) is 0 Å². The molecule has 3 N–H and O–H groups in total. The molecular weight excluding hydrogens is 351 g/mol. The Hall–Kier alpha value is -0.770. The van der Waals surface area contributed by atoms with Gasteiger partial charge in [0.2, 0.25) is 5.88 Å². The zero-order valence-electron chi connectivity index (χ0n) is 9.05. The first-order chi connectivity index (χ1) is 8.26. The van der Waals surface area contributed by atoms with Gasteiger partial charge in [0.15, 0.2) is 0 Å². The number of ether oxygens (including phenoxy) is 1. The Bertz CT molecular complexity index is 505. The summed E-state index contributed by atoms with van der Waals surface area (Å²) in [5.74, 6) is 6.08. The van der Waals surface area contributed by atoms with Crippen LogP contribution < -0.4 is 16.0 Å². The lowest BCUT2D eigenvalue weighted by atomic mass is 10.1. The van der Waals surface area contributed by atoms with Crippen LogP contribution in [0.25, 0.3) is 0 Å². The fourth-order valence-corrected chi connectivity index (χ4v) is 2.90. The highest BCUT2D eigenvalue weighted by atomic mass is 127.